The van der Waals surface area contributed by atoms with Crippen LogP contribution in [-0.2, 0) is 14.3 Å². The number of likely N-dealkylation sites (N-methyl/N-ethyl adjacent to an activating group) is 1. The van der Waals surface area contributed by atoms with E-state index in [1.807, 2.05) is 0 Å². The number of unbranched alkanes of at least 4 members (excludes halogenated alkanes) is 30. The highest BCUT2D eigenvalue weighted by Crippen LogP contribution is 2.16. The minimum Gasteiger partial charge on any atom is -0.394 e. The van der Waals surface area contributed by atoms with Gasteiger partial charge in [0.2, 0.25) is 0 Å². The smallest absolute Gasteiger partial charge is 0.253 e. The summed E-state index contributed by atoms with van der Waals surface area (Å²) < 4.78 is 12.0. The predicted molar refractivity (Wildman–Crippen MR) is 228 cm³/mol. The number of aliphatic hydroxyl groups is 5. The van der Waals surface area contributed by atoms with Crippen molar-refractivity contribution in [1.82, 2.24) is 4.90 Å². The first kappa shape index (κ1) is 54.2. The molecular formula is C46H93NO8. The van der Waals surface area contributed by atoms with Gasteiger partial charge in [0.1, 0.15) is 24.4 Å². The van der Waals surface area contributed by atoms with E-state index in [0.717, 1.165) is 32.1 Å². The first-order chi connectivity index (χ1) is 26.8. The van der Waals surface area contributed by atoms with Crippen molar-refractivity contribution in [3.8, 4) is 0 Å². The average molecular weight is 788 g/mol. The molecule has 0 aromatic rings. The zero-order valence-electron chi connectivity index (χ0n) is 36.5. The Balaban J connectivity index is 4.32. The van der Waals surface area contributed by atoms with Gasteiger partial charge in [0.15, 0.2) is 6.10 Å². The minimum absolute atomic E-state index is 0.116. The van der Waals surface area contributed by atoms with Gasteiger partial charge in [-0.3, -0.25) is 4.79 Å². The fraction of sp³-hybridized carbons (Fsp3) is 0.978. The summed E-state index contributed by atoms with van der Waals surface area (Å²) in [6.07, 6.45) is 34.1. The van der Waals surface area contributed by atoms with Crippen LogP contribution < -0.4 is 0 Å². The van der Waals surface area contributed by atoms with E-state index in [0.29, 0.717) is 13.2 Å². The summed E-state index contributed by atoms with van der Waals surface area (Å²) in [6.45, 7) is 4.63. The highest BCUT2D eigenvalue weighted by atomic mass is 16.5. The van der Waals surface area contributed by atoms with Gasteiger partial charge in [0, 0.05) is 26.8 Å². The lowest BCUT2D eigenvalue weighted by Gasteiger charge is -2.30. The fourth-order valence-electron chi connectivity index (χ4n) is 7.30. The number of ether oxygens (including phenoxy) is 2. The van der Waals surface area contributed by atoms with Gasteiger partial charge in [-0.15, -0.1) is 0 Å². The van der Waals surface area contributed by atoms with E-state index in [9.17, 15) is 25.2 Å². The van der Waals surface area contributed by atoms with Gasteiger partial charge in [-0.1, -0.05) is 206 Å². The number of amides is 1. The van der Waals surface area contributed by atoms with Crippen molar-refractivity contribution in [2.24, 2.45) is 0 Å². The maximum Gasteiger partial charge on any atom is 0.253 e. The molecule has 9 heteroatoms. The molecule has 0 bridgehead atoms. The average Bonchev–Trinajstić information content (AvgIpc) is 3.19. The summed E-state index contributed by atoms with van der Waals surface area (Å²) in [5, 5.41) is 49.4. The lowest BCUT2D eigenvalue weighted by molar-refractivity contribution is -0.152. The van der Waals surface area contributed by atoms with E-state index in [1.54, 1.807) is 0 Å². The molecule has 0 radical (unpaired) electrons. The van der Waals surface area contributed by atoms with E-state index < -0.39 is 37.1 Å². The Morgan fingerprint density at radius 1 is 0.473 bits per heavy atom. The van der Waals surface area contributed by atoms with Crippen LogP contribution in [0.2, 0.25) is 0 Å². The summed E-state index contributed by atoms with van der Waals surface area (Å²) in [4.78, 5) is 14.6. The maximum absolute atomic E-state index is 13.4. The van der Waals surface area contributed by atoms with Crippen LogP contribution in [0, 0.1) is 0 Å². The molecule has 0 aliphatic rings. The van der Waals surface area contributed by atoms with Crippen LogP contribution in [-0.4, -0.2) is 107 Å². The Morgan fingerprint density at radius 3 is 1.13 bits per heavy atom. The van der Waals surface area contributed by atoms with Crippen molar-refractivity contribution >= 4 is 5.91 Å². The molecule has 1 amide bonds. The van der Waals surface area contributed by atoms with Gasteiger partial charge in [-0.05, 0) is 12.8 Å². The topological polar surface area (TPSA) is 140 Å². The van der Waals surface area contributed by atoms with Crippen LogP contribution in [0.3, 0.4) is 0 Å². The van der Waals surface area contributed by atoms with Gasteiger partial charge in [0.05, 0.1) is 13.2 Å². The van der Waals surface area contributed by atoms with E-state index in [-0.39, 0.29) is 19.1 Å². The zero-order valence-corrected chi connectivity index (χ0v) is 36.5. The van der Waals surface area contributed by atoms with Gasteiger partial charge >= 0.3 is 0 Å². The van der Waals surface area contributed by atoms with Crippen LogP contribution in [0.5, 0.6) is 0 Å². The quantitative estimate of drug-likeness (QED) is 0.0385. The largest absolute Gasteiger partial charge is 0.394 e. The second-order valence-electron chi connectivity index (χ2n) is 16.6. The van der Waals surface area contributed by atoms with Gasteiger partial charge in [0.25, 0.3) is 5.91 Å². The lowest BCUT2D eigenvalue weighted by Crippen LogP contribution is -2.51. The summed E-state index contributed by atoms with van der Waals surface area (Å²) >= 11 is 0. The first-order valence-corrected chi connectivity index (χ1v) is 23.6. The molecule has 5 atom stereocenters. The molecule has 0 spiro atoms. The first-order valence-electron chi connectivity index (χ1n) is 23.6. The Labute approximate surface area is 339 Å². The van der Waals surface area contributed by atoms with Crippen molar-refractivity contribution in [2.45, 2.75) is 250 Å². The molecule has 0 aromatic carbocycles. The molecule has 0 heterocycles. The summed E-state index contributed by atoms with van der Waals surface area (Å²) in [6, 6.07) is 0. The summed E-state index contributed by atoms with van der Waals surface area (Å²) in [5.41, 5.74) is 0. The number of rotatable bonds is 44. The van der Waals surface area contributed by atoms with E-state index >= 15 is 0 Å². The molecular weight excluding hydrogens is 695 g/mol. The maximum atomic E-state index is 13.4. The van der Waals surface area contributed by atoms with Crippen LogP contribution >= 0.6 is 0 Å². The second kappa shape index (κ2) is 41.4. The molecule has 0 saturated heterocycles. The van der Waals surface area contributed by atoms with Crippen molar-refractivity contribution in [3.05, 3.63) is 0 Å². The number of hydrogen-bond acceptors (Lipinski definition) is 8. The minimum atomic E-state index is -1.74. The van der Waals surface area contributed by atoms with Gasteiger partial charge in [-0.25, -0.2) is 0 Å². The van der Waals surface area contributed by atoms with E-state index in [2.05, 4.69) is 13.8 Å². The van der Waals surface area contributed by atoms with Crippen molar-refractivity contribution in [3.63, 3.8) is 0 Å². The predicted octanol–water partition coefficient (Wildman–Crippen LogP) is 9.81. The SMILES string of the molecule is CCCCCCCCCCCCCCCCCCOCC(OCCCCCCCCCCCCCCCCCC)C(=O)N(C)C[C@H](O)[C@@H](O)[C@H](O)[C@H](O)CO. The van der Waals surface area contributed by atoms with Crippen LogP contribution in [0.4, 0.5) is 0 Å². The molecule has 330 valence electrons. The molecule has 0 aliphatic heterocycles. The molecule has 0 fully saturated rings. The third kappa shape index (κ3) is 33.8. The molecule has 55 heavy (non-hydrogen) atoms. The Hall–Kier alpha value is -0.810. The number of carbonyl (C=O) groups is 1. The molecule has 9 nitrogen and oxygen atoms in total. The normalized spacial score (nSPS) is 14.5. The van der Waals surface area contributed by atoms with Gasteiger partial charge < -0.3 is 39.9 Å². The molecule has 0 aromatic heterocycles. The number of carbonyl (C=O) groups excluding carboxylic acids is 1. The van der Waals surface area contributed by atoms with E-state index in [4.69, 9.17) is 14.6 Å². The molecule has 0 aliphatic carbocycles. The molecule has 5 N–H and O–H groups in total. The number of hydrogen-bond donors (Lipinski definition) is 5. The van der Waals surface area contributed by atoms with E-state index in [1.165, 1.54) is 185 Å². The standard InChI is InChI=1S/C46H93NO8/c1-4-6-8-10-12-14-16-18-20-22-24-26-28-30-32-34-36-54-40-43(46(53)47(3)38-41(49)44(51)45(52)42(50)39-48)55-37-35-33-31-29-27-25-23-21-19-17-15-13-11-9-7-5-2/h41-45,48-52H,4-40H2,1-3H3/t41-,42+,43?,44+,45+/m0/s1. The van der Waals surface area contributed by atoms with Crippen LogP contribution in [0.15, 0.2) is 0 Å². The van der Waals surface area contributed by atoms with Crippen molar-refractivity contribution < 1.29 is 39.8 Å². The van der Waals surface area contributed by atoms with Crippen molar-refractivity contribution in [1.29, 1.82) is 0 Å². The monoisotopic (exact) mass is 788 g/mol. The lowest BCUT2D eigenvalue weighted by atomic mass is 10.0. The third-order valence-corrected chi connectivity index (χ3v) is 11.2. The molecule has 0 saturated carbocycles. The Bertz CT molecular complexity index is 789. The van der Waals surface area contributed by atoms with Gasteiger partial charge in [-0.2, -0.15) is 0 Å². The molecule has 1 unspecified atom stereocenters. The summed E-state index contributed by atoms with van der Waals surface area (Å²) in [7, 11) is 1.51. The fourth-order valence-corrected chi connectivity index (χ4v) is 7.30. The van der Waals surface area contributed by atoms with Crippen LogP contribution in [0.25, 0.3) is 0 Å². The Kier molecular flexibility index (Phi) is 40.7. The highest BCUT2D eigenvalue weighted by molar-refractivity contribution is 5.80. The second-order valence-corrected chi connectivity index (χ2v) is 16.6. The highest BCUT2D eigenvalue weighted by Gasteiger charge is 2.32. The van der Waals surface area contributed by atoms with Crippen molar-refractivity contribution in [2.75, 3.05) is 40.0 Å². The summed E-state index contributed by atoms with van der Waals surface area (Å²) in [5.74, 6) is -0.369. The zero-order chi connectivity index (χ0) is 40.6. The Morgan fingerprint density at radius 2 is 0.782 bits per heavy atom. The number of aliphatic hydroxyl groups excluding tert-OH is 5. The van der Waals surface area contributed by atoms with Crippen LogP contribution in [0.1, 0.15) is 219 Å². The third-order valence-electron chi connectivity index (χ3n) is 11.2. The molecule has 0 rings (SSSR count). The number of nitrogens with zero attached hydrogens (tertiary/aromatic N) is 1.